The summed E-state index contributed by atoms with van der Waals surface area (Å²) in [5.74, 6) is 0.325. The van der Waals surface area contributed by atoms with Gasteiger partial charge < -0.3 is 15.4 Å². The third-order valence-electron chi connectivity index (χ3n) is 6.25. The highest BCUT2D eigenvalue weighted by molar-refractivity contribution is 5.97. The lowest BCUT2D eigenvalue weighted by Gasteiger charge is -2.24. The van der Waals surface area contributed by atoms with Crippen LogP contribution in [0.3, 0.4) is 0 Å². The van der Waals surface area contributed by atoms with E-state index >= 15 is 0 Å². The van der Waals surface area contributed by atoms with E-state index in [2.05, 4.69) is 34.9 Å². The Bertz CT molecular complexity index is 1010. The van der Waals surface area contributed by atoms with Crippen LogP contribution in [0.2, 0.25) is 0 Å². The molecule has 3 aromatic rings. The zero-order valence-electron chi connectivity index (χ0n) is 20.2. The average molecular weight is 459 g/mol. The largest absolute Gasteiger partial charge is 0.497 e. The van der Waals surface area contributed by atoms with Gasteiger partial charge in [0.15, 0.2) is 0 Å². The van der Waals surface area contributed by atoms with Crippen molar-refractivity contribution in [3.8, 4) is 5.75 Å². The maximum Gasteiger partial charge on any atom is 0.252 e. The number of nitrogens with one attached hydrogen (secondary N) is 2. The Hall–Kier alpha value is -3.60. The topological polar surface area (TPSA) is 67.4 Å². The molecule has 5 heteroatoms. The smallest absolute Gasteiger partial charge is 0.252 e. The van der Waals surface area contributed by atoms with E-state index < -0.39 is 6.04 Å². The molecule has 178 valence electrons. The summed E-state index contributed by atoms with van der Waals surface area (Å²) in [5, 5.41) is 6.00. The van der Waals surface area contributed by atoms with E-state index in [1.54, 1.807) is 31.4 Å². The highest BCUT2D eigenvalue weighted by atomic mass is 16.5. The molecule has 2 amide bonds. The van der Waals surface area contributed by atoms with E-state index in [0.717, 1.165) is 12.8 Å². The lowest BCUT2D eigenvalue weighted by atomic mass is 9.88. The number of hydrogen-bond acceptors (Lipinski definition) is 3. The number of ether oxygens (including phenoxy) is 1. The molecule has 0 saturated heterocycles. The highest BCUT2D eigenvalue weighted by Gasteiger charge is 2.26. The summed E-state index contributed by atoms with van der Waals surface area (Å²) in [6, 6.07) is 27.0. The average Bonchev–Trinajstić information content (AvgIpc) is 2.90. The molecule has 0 aliphatic rings. The standard InChI is InChI=1S/C29H34N2O3/c1-4-21(2)27(31-28(32)24-16-11-17-25(20-24)34-3)29(33)30-19-18-26(22-12-7-5-8-13-22)23-14-9-6-10-15-23/h5-17,20-21,26-27H,4,18-19H2,1-3H3,(H,30,33)(H,31,32). The predicted octanol–water partition coefficient (Wildman–Crippen LogP) is 5.18. The van der Waals surface area contributed by atoms with Gasteiger partial charge in [0.2, 0.25) is 5.91 Å². The fourth-order valence-corrected chi connectivity index (χ4v) is 4.04. The second-order valence-corrected chi connectivity index (χ2v) is 8.52. The van der Waals surface area contributed by atoms with Crippen LogP contribution < -0.4 is 15.4 Å². The van der Waals surface area contributed by atoms with Gasteiger partial charge in [-0.25, -0.2) is 0 Å². The fourth-order valence-electron chi connectivity index (χ4n) is 4.04. The minimum absolute atomic E-state index is 0.00592. The molecule has 0 fully saturated rings. The third-order valence-corrected chi connectivity index (χ3v) is 6.25. The quantitative estimate of drug-likeness (QED) is 0.416. The maximum atomic E-state index is 13.1. The molecular weight excluding hydrogens is 424 g/mol. The van der Waals surface area contributed by atoms with E-state index in [-0.39, 0.29) is 23.7 Å². The molecule has 3 rings (SSSR count). The van der Waals surface area contributed by atoms with Crippen molar-refractivity contribution in [3.05, 3.63) is 102 Å². The van der Waals surface area contributed by atoms with E-state index in [9.17, 15) is 9.59 Å². The Morgan fingerprint density at radius 2 is 1.50 bits per heavy atom. The molecule has 3 aromatic carbocycles. The van der Waals surface area contributed by atoms with Crippen molar-refractivity contribution in [1.29, 1.82) is 0 Å². The van der Waals surface area contributed by atoms with Gasteiger partial charge in [0.05, 0.1) is 7.11 Å². The molecule has 2 atom stereocenters. The van der Waals surface area contributed by atoms with Gasteiger partial charge in [0.1, 0.15) is 11.8 Å². The molecule has 0 bridgehead atoms. The first-order chi connectivity index (χ1) is 16.5. The summed E-state index contributed by atoms with van der Waals surface area (Å²) < 4.78 is 5.22. The van der Waals surface area contributed by atoms with Gasteiger partial charge >= 0.3 is 0 Å². The van der Waals surface area contributed by atoms with E-state index in [4.69, 9.17) is 4.74 Å². The van der Waals surface area contributed by atoms with E-state index in [1.165, 1.54) is 11.1 Å². The monoisotopic (exact) mass is 458 g/mol. The van der Waals surface area contributed by atoms with Crippen molar-refractivity contribution >= 4 is 11.8 Å². The van der Waals surface area contributed by atoms with Crippen molar-refractivity contribution in [3.63, 3.8) is 0 Å². The van der Waals surface area contributed by atoms with Crippen LogP contribution in [0.5, 0.6) is 5.75 Å². The van der Waals surface area contributed by atoms with E-state index in [0.29, 0.717) is 17.9 Å². The van der Waals surface area contributed by atoms with Crippen LogP contribution >= 0.6 is 0 Å². The van der Waals surface area contributed by atoms with Crippen molar-refractivity contribution in [2.45, 2.75) is 38.6 Å². The van der Waals surface area contributed by atoms with Crippen LogP contribution in [0.15, 0.2) is 84.9 Å². The summed E-state index contributed by atoms with van der Waals surface area (Å²) in [7, 11) is 1.56. The number of rotatable bonds is 11. The van der Waals surface area contributed by atoms with Crippen LogP contribution in [-0.2, 0) is 4.79 Å². The van der Waals surface area contributed by atoms with Crippen molar-refractivity contribution in [1.82, 2.24) is 10.6 Å². The normalized spacial score (nSPS) is 12.6. The van der Waals surface area contributed by atoms with Crippen LogP contribution in [-0.4, -0.2) is 31.5 Å². The van der Waals surface area contributed by atoms with Gasteiger partial charge in [-0.3, -0.25) is 9.59 Å². The second kappa shape index (κ2) is 12.6. The molecule has 34 heavy (non-hydrogen) atoms. The van der Waals surface area contributed by atoms with Crippen molar-refractivity contribution < 1.29 is 14.3 Å². The first-order valence-corrected chi connectivity index (χ1v) is 11.9. The van der Waals surface area contributed by atoms with Gasteiger partial charge in [-0.1, -0.05) is 87.0 Å². The Balaban J connectivity index is 1.67. The number of methoxy groups -OCH3 is 1. The summed E-state index contributed by atoms with van der Waals surface area (Å²) >= 11 is 0. The van der Waals surface area contributed by atoms with E-state index in [1.807, 2.05) is 50.2 Å². The minimum Gasteiger partial charge on any atom is -0.497 e. The van der Waals surface area contributed by atoms with Crippen LogP contribution in [0, 0.1) is 5.92 Å². The van der Waals surface area contributed by atoms with Crippen LogP contribution in [0.1, 0.15) is 54.1 Å². The number of benzene rings is 3. The summed E-state index contributed by atoms with van der Waals surface area (Å²) in [6.45, 7) is 4.51. The first-order valence-electron chi connectivity index (χ1n) is 11.9. The molecule has 2 unspecified atom stereocenters. The zero-order chi connectivity index (χ0) is 24.3. The number of carbonyl (C=O) groups excluding carboxylic acids is 2. The number of amides is 2. The molecule has 0 heterocycles. The highest BCUT2D eigenvalue weighted by Crippen LogP contribution is 2.27. The van der Waals surface area contributed by atoms with Crippen molar-refractivity contribution in [2.75, 3.05) is 13.7 Å². The SMILES string of the molecule is CCC(C)C(NC(=O)c1cccc(OC)c1)C(=O)NCCC(c1ccccc1)c1ccccc1. The van der Waals surface area contributed by atoms with Gasteiger partial charge in [0, 0.05) is 18.0 Å². The maximum absolute atomic E-state index is 13.1. The molecule has 0 aliphatic heterocycles. The number of hydrogen-bond donors (Lipinski definition) is 2. The number of carbonyl (C=O) groups is 2. The fraction of sp³-hybridized carbons (Fsp3) is 0.310. The molecular formula is C29H34N2O3. The van der Waals surface area contributed by atoms with Crippen LogP contribution in [0.25, 0.3) is 0 Å². The van der Waals surface area contributed by atoms with Gasteiger partial charge in [-0.15, -0.1) is 0 Å². The minimum atomic E-state index is -0.615. The summed E-state index contributed by atoms with van der Waals surface area (Å²) in [5.41, 5.74) is 2.90. The Kier molecular flexibility index (Phi) is 9.27. The van der Waals surface area contributed by atoms with Crippen molar-refractivity contribution in [2.24, 2.45) is 5.92 Å². The Morgan fingerprint density at radius 3 is 2.06 bits per heavy atom. The molecule has 2 N–H and O–H groups in total. The summed E-state index contributed by atoms with van der Waals surface area (Å²) in [6.07, 6.45) is 1.53. The van der Waals surface area contributed by atoms with Crippen LogP contribution in [0.4, 0.5) is 0 Å². The first kappa shape index (κ1) is 25.0. The Morgan fingerprint density at radius 1 is 0.882 bits per heavy atom. The molecule has 0 saturated carbocycles. The molecule has 0 aliphatic carbocycles. The third kappa shape index (κ3) is 6.70. The predicted molar refractivity (Wildman–Crippen MR) is 136 cm³/mol. The lowest BCUT2D eigenvalue weighted by molar-refractivity contribution is -0.124. The van der Waals surface area contributed by atoms with Gasteiger partial charge in [-0.2, -0.15) is 0 Å². The second-order valence-electron chi connectivity index (χ2n) is 8.52. The molecule has 0 radical (unpaired) electrons. The van der Waals surface area contributed by atoms with Gasteiger partial charge in [0.25, 0.3) is 5.91 Å². The molecule has 5 nitrogen and oxygen atoms in total. The zero-order valence-corrected chi connectivity index (χ0v) is 20.2. The lowest BCUT2D eigenvalue weighted by Crippen LogP contribution is -2.50. The summed E-state index contributed by atoms with van der Waals surface area (Å²) in [4.78, 5) is 26.0. The van der Waals surface area contributed by atoms with Gasteiger partial charge in [-0.05, 0) is 41.7 Å². The molecule has 0 spiro atoms. The Labute approximate surface area is 202 Å². The molecule has 0 aromatic heterocycles.